The summed E-state index contributed by atoms with van der Waals surface area (Å²) in [5, 5.41) is 3.11. The summed E-state index contributed by atoms with van der Waals surface area (Å²) in [6.45, 7) is 9.37. The molecule has 0 heterocycles. The highest BCUT2D eigenvalue weighted by molar-refractivity contribution is 5.78. The van der Waals surface area contributed by atoms with E-state index >= 15 is 0 Å². The predicted molar refractivity (Wildman–Crippen MR) is 90.0 cm³/mol. The minimum absolute atomic E-state index is 0.164. The van der Waals surface area contributed by atoms with Gasteiger partial charge in [0.1, 0.15) is 0 Å². The van der Waals surface area contributed by atoms with Crippen LogP contribution in [0.1, 0.15) is 19.4 Å². The van der Waals surface area contributed by atoms with E-state index in [1.165, 1.54) is 11.3 Å². The number of ether oxygens (including phenoxy) is 1. The number of nitrogens with zero attached hydrogens (tertiary/aromatic N) is 2. The van der Waals surface area contributed by atoms with Crippen molar-refractivity contribution in [2.45, 2.75) is 26.8 Å². The van der Waals surface area contributed by atoms with E-state index in [4.69, 9.17) is 10.5 Å². The van der Waals surface area contributed by atoms with Crippen LogP contribution < -0.4 is 16.0 Å². The Morgan fingerprint density at radius 3 is 2.76 bits per heavy atom. The third kappa shape index (κ3) is 6.04. The van der Waals surface area contributed by atoms with E-state index in [-0.39, 0.29) is 6.04 Å². The number of likely N-dealkylation sites (N-methyl/N-ethyl adjacent to an activating group) is 1. The van der Waals surface area contributed by atoms with Gasteiger partial charge in [0, 0.05) is 31.9 Å². The fourth-order valence-corrected chi connectivity index (χ4v) is 2.25. The van der Waals surface area contributed by atoms with Gasteiger partial charge in [-0.15, -0.1) is 0 Å². The number of aryl methyl sites for hydroxylation is 1. The Bertz CT molecular complexity index is 448. The van der Waals surface area contributed by atoms with Crippen LogP contribution >= 0.6 is 0 Å². The Balaban J connectivity index is 2.51. The number of nitrogens with two attached hydrogens (primary N) is 1. The van der Waals surface area contributed by atoms with Crippen molar-refractivity contribution >= 4 is 11.6 Å². The maximum Gasteiger partial charge on any atom is 0.188 e. The van der Waals surface area contributed by atoms with Gasteiger partial charge < -0.3 is 20.7 Å². The van der Waals surface area contributed by atoms with Crippen LogP contribution in [-0.2, 0) is 4.74 Å². The molecule has 1 aromatic rings. The highest BCUT2D eigenvalue weighted by Gasteiger charge is 2.06. The van der Waals surface area contributed by atoms with Crippen LogP contribution in [0.4, 0.5) is 5.69 Å². The highest BCUT2D eigenvalue weighted by Crippen LogP contribution is 2.18. The number of methoxy groups -OCH3 is 1. The lowest BCUT2D eigenvalue weighted by Crippen LogP contribution is -2.41. The smallest absolute Gasteiger partial charge is 0.188 e. The van der Waals surface area contributed by atoms with Gasteiger partial charge >= 0.3 is 0 Å². The fraction of sp³-hybridized carbons (Fsp3) is 0.562. The van der Waals surface area contributed by atoms with Crippen LogP contribution in [0.2, 0.25) is 0 Å². The molecule has 0 saturated heterocycles. The van der Waals surface area contributed by atoms with E-state index in [2.05, 4.69) is 53.3 Å². The number of rotatable bonds is 8. The van der Waals surface area contributed by atoms with E-state index < -0.39 is 0 Å². The molecule has 1 unspecified atom stereocenters. The predicted octanol–water partition coefficient (Wildman–Crippen LogP) is 1.76. The van der Waals surface area contributed by atoms with Gasteiger partial charge in [-0.1, -0.05) is 18.2 Å². The molecule has 21 heavy (non-hydrogen) atoms. The molecule has 0 radical (unpaired) electrons. The summed E-state index contributed by atoms with van der Waals surface area (Å²) in [7, 11) is 1.67. The van der Waals surface area contributed by atoms with Crippen LogP contribution in [-0.4, -0.2) is 45.4 Å². The molecule has 5 nitrogen and oxygen atoms in total. The van der Waals surface area contributed by atoms with Crippen molar-refractivity contribution in [3.63, 3.8) is 0 Å². The standard InChI is InChI=1S/C16H28N4O/c1-5-20(15-9-7-6-8-13(15)2)11-10-18-16(17)19-14(3)12-21-4/h6-9,14H,5,10-12H2,1-4H3,(H3,17,18,19). The minimum atomic E-state index is 0.164. The summed E-state index contributed by atoms with van der Waals surface area (Å²) >= 11 is 0. The van der Waals surface area contributed by atoms with Crippen molar-refractivity contribution in [2.24, 2.45) is 10.7 Å². The molecule has 0 saturated carbocycles. The van der Waals surface area contributed by atoms with E-state index in [1.54, 1.807) is 7.11 Å². The Morgan fingerprint density at radius 1 is 1.43 bits per heavy atom. The van der Waals surface area contributed by atoms with Crippen molar-refractivity contribution < 1.29 is 4.74 Å². The first-order chi connectivity index (χ1) is 10.1. The van der Waals surface area contributed by atoms with Gasteiger partial charge in [0.15, 0.2) is 5.96 Å². The number of anilines is 1. The van der Waals surface area contributed by atoms with Gasteiger partial charge in [0.2, 0.25) is 0 Å². The van der Waals surface area contributed by atoms with E-state index in [9.17, 15) is 0 Å². The third-order valence-corrected chi connectivity index (χ3v) is 3.30. The fourth-order valence-electron chi connectivity index (χ4n) is 2.25. The average molecular weight is 292 g/mol. The largest absolute Gasteiger partial charge is 0.383 e. The van der Waals surface area contributed by atoms with Crippen LogP contribution in [0.25, 0.3) is 0 Å². The van der Waals surface area contributed by atoms with Gasteiger partial charge in [-0.3, -0.25) is 4.99 Å². The molecule has 0 aliphatic heterocycles. The summed E-state index contributed by atoms with van der Waals surface area (Å²) in [6, 6.07) is 8.56. The van der Waals surface area contributed by atoms with Crippen molar-refractivity contribution in [3.05, 3.63) is 29.8 Å². The van der Waals surface area contributed by atoms with Gasteiger partial charge in [-0.05, 0) is 32.4 Å². The summed E-state index contributed by atoms with van der Waals surface area (Å²) in [4.78, 5) is 6.69. The Labute approximate surface area is 128 Å². The maximum atomic E-state index is 5.87. The average Bonchev–Trinajstić information content (AvgIpc) is 2.45. The zero-order valence-corrected chi connectivity index (χ0v) is 13.6. The van der Waals surface area contributed by atoms with Gasteiger partial charge in [-0.25, -0.2) is 0 Å². The third-order valence-electron chi connectivity index (χ3n) is 3.30. The summed E-state index contributed by atoms with van der Waals surface area (Å²) in [6.07, 6.45) is 0. The molecule has 0 aromatic heterocycles. The first kappa shape index (κ1) is 17.3. The zero-order chi connectivity index (χ0) is 15.7. The van der Waals surface area contributed by atoms with Crippen LogP contribution in [0, 0.1) is 6.92 Å². The molecule has 3 N–H and O–H groups in total. The van der Waals surface area contributed by atoms with E-state index in [0.717, 1.165) is 13.1 Å². The topological polar surface area (TPSA) is 62.9 Å². The molecule has 1 rings (SSSR count). The normalized spacial score (nSPS) is 13.0. The summed E-state index contributed by atoms with van der Waals surface area (Å²) in [5.74, 6) is 0.473. The number of benzene rings is 1. The molecule has 0 spiro atoms. The number of nitrogens with one attached hydrogen (secondary N) is 1. The molecular weight excluding hydrogens is 264 g/mol. The Hall–Kier alpha value is -1.75. The lowest BCUT2D eigenvalue weighted by molar-refractivity contribution is 0.179. The lowest BCUT2D eigenvalue weighted by atomic mass is 10.2. The second-order valence-electron chi connectivity index (χ2n) is 5.13. The lowest BCUT2D eigenvalue weighted by Gasteiger charge is -2.24. The van der Waals surface area contributed by atoms with Crippen molar-refractivity contribution in [2.75, 3.05) is 38.3 Å². The summed E-state index contributed by atoms with van der Waals surface area (Å²) in [5.41, 5.74) is 8.41. The first-order valence-corrected chi connectivity index (χ1v) is 7.44. The monoisotopic (exact) mass is 292 g/mol. The first-order valence-electron chi connectivity index (χ1n) is 7.44. The number of hydrogen-bond donors (Lipinski definition) is 2. The molecule has 118 valence electrons. The van der Waals surface area contributed by atoms with Crippen molar-refractivity contribution in [1.29, 1.82) is 0 Å². The molecule has 0 amide bonds. The van der Waals surface area contributed by atoms with E-state index in [1.807, 2.05) is 6.92 Å². The van der Waals surface area contributed by atoms with Crippen LogP contribution in [0.5, 0.6) is 0 Å². The number of hydrogen-bond acceptors (Lipinski definition) is 3. The number of para-hydroxylation sites is 1. The Morgan fingerprint density at radius 2 is 2.14 bits per heavy atom. The Kier molecular flexibility index (Phi) is 7.61. The minimum Gasteiger partial charge on any atom is -0.383 e. The highest BCUT2D eigenvalue weighted by atomic mass is 16.5. The van der Waals surface area contributed by atoms with Gasteiger partial charge in [0.05, 0.1) is 13.2 Å². The van der Waals surface area contributed by atoms with E-state index in [0.29, 0.717) is 19.1 Å². The molecule has 0 bridgehead atoms. The van der Waals surface area contributed by atoms with Gasteiger partial charge in [0.25, 0.3) is 0 Å². The molecule has 0 aliphatic carbocycles. The van der Waals surface area contributed by atoms with Crippen LogP contribution in [0.15, 0.2) is 29.3 Å². The molecule has 0 fully saturated rings. The quantitative estimate of drug-likeness (QED) is 0.566. The van der Waals surface area contributed by atoms with Crippen molar-refractivity contribution in [1.82, 2.24) is 5.32 Å². The molecule has 0 aliphatic rings. The van der Waals surface area contributed by atoms with Crippen molar-refractivity contribution in [3.8, 4) is 0 Å². The number of aliphatic imine (C=N–C) groups is 1. The maximum absolute atomic E-state index is 5.87. The van der Waals surface area contributed by atoms with Crippen LogP contribution in [0.3, 0.4) is 0 Å². The van der Waals surface area contributed by atoms with Gasteiger partial charge in [-0.2, -0.15) is 0 Å². The molecule has 1 aromatic carbocycles. The zero-order valence-electron chi connectivity index (χ0n) is 13.6. The second-order valence-corrected chi connectivity index (χ2v) is 5.13. The molecule has 5 heteroatoms. The summed E-state index contributed by atoms with van der Waals surface area (Å²) < 4.78 is 5.05. The second kappa shape index (κ2) is 9.23. The SMILES string of the molecule is CCN(CCN=C(N)NC(C)COC)c1ccccc1C. The number of guanidine groups is 1. The molecule has 1 atom stereocenters. The molecular formula is C16H28N4O.